The minimum Gasteiger partial charge on any atom is -0.452 e. The van der Waals surface area contributed by atoms with E-state index in [1.807, 2.05) is 37.4 Å². The molecule has 0 saturated carbocycles. The van der Waals surface area contributed by atoms with Crippen LogP contribution in [-0.4, -0.2) is 0 Å². The molecule has 1 aliphatic heterocycles. The SMILES string of the molecule is Cc1ccc2sc3c(=O)c4ccccc4c(=NC#N)c=3oc2c1. The Morgan fingerprint density at radius 1 is 1.17 bits per heavy atom. The second-order valence-corrected chi connectivity index (χ2v) is 6.30. The summed E-state index contributed by atoms with van der Waals surface area (Å²) < 4.78 is 7.33. The fraction of sp³-hybridized carbons (Fsp3) is 0.0556. The largest absolute Gasteiger partial charge is 0.452 e. The van der Waals surface area contributed by atoms with E-state index in [1.165, 1.54) is 11.3 Å². The van der Waals surface area contributed by atoms with E-state index < -0.39 is 0 Å². The molecular formula is C18H10N2O2S. The van der Waals surface area contributed by atoms with Crippen molar-refractivity contribution in [2.45, 2.75) is 6.92 Å². The van der Waals surface area contributed by atoms with Crippen molar-refractivity contribution in [2.24, 2.45) is 4.99 Å². The number of nitrogens with zero attached hydrogens (tertiary/aromatic N) is 2. The third-order valence-electron chi connectivity index (χ3n) is 3.74. The van der Waals surface area contributed by atoms with E-state index in [9.17, 15) is 4.79 Å². The van der Waals surface area contributed by atoms with Crippen molar-refractivity contribution < 1.29 is 4.42 Å². The van der Waals surface area contributed by atoms with E-state index in [0.717, 1.165) is 10.3 Å². The van der Waals surface area contributed by atoms with Gasteiger partial charge in [-0.15, -0.1) is 11.3 Å². The first kappa shape index (κ1) is 13.7. The first-order chi connectivity index (χ1) is 11.2. The molecule has 23 heavy (non-hydrogen) atoms. The van der Waals surface area contributed by atoms with Gasteiger partial charge in [0.1, 0.15) is 15.5 Å². The highest BCUT2D eigenvalue weighted by Gasteiger charge is 2.10. The zero-order valence-electron chi connectivity index (χ0n) is 12.2. The first-order valence-corrected chi connectivity index (χ1v) is 7.82. The van der Waals surface area contributed by atoms with Crippen molar-refractivity contribution in [3.63, 3.8) is 0 Å². The molecule has 0 bridgehead atoms. The van der Waals surface area contributed by atoms with Crippen LogP contribution < -0.4 is 10.8 Å². The molecular weight excluding hydrogens is 308 g/mol. The molecule has 0 unspecified atom stereocenters. The molecule has 4 nitrogen and oxygen atoms in total. The van der Waals surface area contributed by atoms with Gasteiger partial charge in [0.2, 0.25) is 11.6 Å². The van der Waals surface area contributed by atoms with Gasteiger partial charge in [0, 0.05) is 10.8 Å². The second kappa shape index (κ2) is 5.04. The molecule has 0 N–H and O–H groups in total. The maximum absolute atomic E-state index is 12.8. The molecule has 0 fully saturated rings. The van der Waals surface area contributed by atoms with Crippen LogP contribution in [0.2, 0.25) is 0 Å². The van der Waals surface area contributed by atoms with Gasteiger partial charge in [0.15, 0.2) is 5.42 Å². The van der Waals surface area contributed by atoms with E-state index in [4.69, 9.17) is 9.68 Å². The Balaban J connectivity index is 2.43. The lowest BCUT2D eigenvalue weighted by Crippen LogP contribution is -2.15. The molecule has 2 aliphatic rings. The van der Waals surface area contributed by atoms with Gasteiger partial charge in [0.05, 0.1) is 4.70 Å². The monoisotopic (exact) mass is 318 g/mol. The summed E-state index contributed by atoms with van der Waals surface area (Å²) in [6.07, 6.45) is 1.81. The number of fused-ring (bicyclic) bond motifs is 2. The molecule has 110 valence electrons. The van der Waals surface area contributed by atoms with Crippen LogP contribution in [0.3, 0.4) is 0 Å². The number of hydrogen-bond donors (Lipinski definition) is 0. The van der Waals surface area contributed by atoms with Crippen molar-refractivity contribution in [3.8, 4) is 6.19 Å². The van der Waals surface area contributed by atoms with Crippen molar-refractivity contribution >= 4 is 32.4 Å². The summed E-state index contributed by atoms with van der Waals surface area (Å²) in [4.78, 5) is 16.7. The average Bonchev–Trinajstić information content (AvgIpc) is 2.57. The fourth-order valence-corrected chi connectivity index (χ4v) is 3.68. The van der Waals surface area contributed by atoms with E-state index in [-0.39, 0.29) is 5.43 Å². The molecule has 0 saturated heterocycles. The third kappa shape index (κ3) is 2.04. The molecule has 0 spiro atoms. The van der Waals surface area contributed by atoms with Gasteiger partial charge < -0.3 is 4.42 Å². The molecule has 2 aromatic carbocycles. The average molecular weight is 318 g/mol. The van der Waals surface area contributed by atoms with Crippen LogP contribution in [0.25, 0.3) is 21.1 Å². The number of hydrogen-bond acceptors (Lipinski definition) is 5. The zero-order valence-corrected chi connectivity index (χ0v) is 13.0. The topological polar surface area (TPSA) is 66.4 Å². The normalized spacial score (nSPS) is 12.1. The van der Waals surface area contributed by atoms with E-state index in [1.54, 1.807) is 18.2 Å². The zero-order chi connectivity index (χ0) is 16.0. The molecule has 5 heteroatoms. The molecule has 0 amide bonds. The summed E-state index contributed by atoms with van der Waals surface area (Å²) in [5.41, 5.74) is 2.03. The first-order valence-electron chi connectivity index (χ1n) is 7.01. The predicted octanol–water partition coefficient (Wildman–Crippen LogP) is 3.42. The van der Waals surface area contributed by atoms with Crippen molar-refractivity contribution in [1.29, 1.82) is 5.26 Å². The Morgan fingerprint density at radius 3 is 2.74 bits per heavy atom. The third-order valence-corrected chi connectivity index (χ3v) is 4.87. The van der Waals surface area contributed by atoms with Crippen molar-refractivity contribution in [1.82, 2.24) is 0 Å². The molecule has 0 atom stereocenters. The number of benzene rings is 2. The van der Waals surface area contributed by atoms with Crippen molar-refractivity contribution in [3.05, 3.63) is 73.6 Å². The Hall–Kier alpha value is -2.97. The van der Waals surface area contributed by atoms with Crippen LogP contribution in [0.15, 0.2) is 56.7 Å². The summed E-state index contributed by atoms with van der Waals surface area (Å²) in [7, 11) is 0. The summed E-state index contributed by atoms with van der Waals surface area (Å²) in [5, 5.41) is 10.6. The van der Waals surface area contributed by atoms with Crippen LogP contribution >= 0.6 is 11.3 Å². The maximum Gasteiger partial charge on any atom is 0.207 e. The van der Waals surface area contributed by atoms with Crippen LogP contribution in [0.4, 0.5) is 0 Å². The summed E-state index contributed by atoms with van der Waals surface area (Å²) >= 11 is 1.37. The molecule has 2 aromatic rings. The maximum atomic E-state index is 12.8. The van der Waals surface area contributed by atoms with Gasteiger partial charge in [-0.05, 0) is 24.6 Å². The predicted molar refractivity (Wildman–Crippen MR) is 89.1 cm³/mol. The smallest absolute Gasteiger partial charge is 0.207 e. The molecule has 1 heterocycles. The minimum absolute atomic E-state index is 0.0938. The molecule has 0 radical (unpaired) electrons. The lowest BCUT2D eigenvalue weighted by Gasteiger charge is -2.02. The Morgan fingerprint density at radius 2 is 1.96 bits per heavy atom. The standard InChI is InChI=1S/C18H10N2O2S/c1-10-6-7-14-13(8-10)22-17-15(20-9-19)11-4-2-3-5-12(11)16(21)18(17)23-14/h2-8H,1H3. The highest BCUT2D eigenvalue weighted by molar-refractivity contribution is 7.16. The van der Waals surface area contributed by atoms with Gasteiger partial charge in [0.25, 0.3) is 0 Å². The molecule has 1 aliphatic carbocycles. The van der Waals surface area contributed by atoms with E-state index in [2.05, 4.69) is 4.99 Å². The Labute approximate surface area is 134 Å². The van der Waals surface area contributed by atoms with Gasteiger partial charge in [-0.25, -0.2) is 0 Å². The molecule has 4 rings (SSSR count). The quantitative estimate of drug-likeness (QED) is 0.467. The molecule has 0 aromatic heterocycles. The van der Waals surface area contributed by atoms with Crippen LogP contribution in [0.5, 0.6) is 0 Å². The lowest BCUT2D eigenvalue weighted by molar-refractivity contribution is 0.564. The minimum atomic E-state index is -0.0938. The van der Waals surface area contributed by atoms with Gasteiger partial charge in [-0.3, -0.25) is 4.79 Å². The highest BCUT2D eigenvalue weighted by Crippen LogP contribution is 2.21. The second-order valence-electron chi connectivity index (χ2n) is 5.25. The summed E-state index contributed by atoms with van der Waals surface area (Å²) in [6, 6.07) is 13.0. The van der Waals surface area contributed by atoms with Crippen LogP contribution in [-0.2, 0) is 0 Å². The van der Waals surface area contributed by atoms with Gasteiger partial charge >= 0.3 is 0 Å². The number of rotatable bonds is 0. The van der Waals surface area contributed by atoms with Crippen LogP contribution in [0, 0.1) is 28.3 Å². The van der Waals surface area contributed by atoms with E-state index in [0.29, 0.717) is 31.7 Å². The summed E-state index contributed by atoms with van der Waals surface area (Å²) in [6.45, 7) is 1.98. The van der Waals surface area contributed by atoms with Gasteiger partial charge in [-0.2, -0.15) is 10.3 Å². The summed E-state index contributed by atoms with van der Waals surface area (Å²) in [5.74, 6) is 0. The Bertz CT molecular complexity index is 1310. The van der Waals surface area contributed by atoms with E-state index >= 15 is 0 Å². The number of aryl methyl sites for hydroxylation is 1. The fourth-order valence-electron chi connectivity index (χ4n) is 2.69. The van der Waals surface area contributed by atoms with Crippen molar-refractivity contribution in [2.75, 3.05) is 0 Å². The highest BCUT2D eigenvalue weighted by atomic mass is 32.1. The van der Waals surface area contributed by atoms with Crippen LogP contribution in [0.1, 0.15) is 5.56 Å². The lowest BCUT2D eigenvalue weighted by atomic mass is 10.1. The van der Waals surface area contributed by atoms with Gasteiger partial charge in [-0.1, -0.05) is 30.3 Å². The number of nitriles is 1. The Kier molecular flexibility index (Phi) is 3.00.